The number of nitrogens with zero attached hydrogens (tertiary/aromatic N) is 1. The summed E-state index contributed by atoms with van der Waals surface area (Å²) in [5, 5.41) is 21.7. The molecule has 1 heterocycles. The first-order valence-corrected chi connectivity index (χ1v) is 7.21. The fourth-order valence-electron chi connectivity index (χ4n) is 2.55. The van der Waals surface area contributed by atoms with E-state index in [4.69, 9.17) is 0 Å². The Labute approximate surface area is 129 Å². The summed E-state index contributed by atoms with van der Waals surface area (Å²) in [6.07, 6.45) is 2.84. The number of benzene rings is 1. The first-order chi connectivity index (χ1) is 10.5. The summed E-state index contributed by atoms with van der Waals surface area (Å²) in [6, 6.07) is 4.33. The van der Waals surface area contributed by atoms with E-state index in [1.54, 1.807) is 4.90 Å². The van der Waals surface area contributed by atoms with Crippen LogP contribution in [0.5, 0.6) is 5.75 Å². The number of hydrogen-bond donors (Lipinski definition) is 3. The second kappa shape index (κ2) is 7.09. The first kappa shape index (κ1) is 16.0. The molecule has 0 bridgehead atoms. The number of rotatable bonds is 4. The van der Waals surface area contributed by atoms with E-state index in [1.165, 1.54) is 18.2 Å². The summed E-state index contributed by atoms with van der Waals surface area (Å²) < 4.78 is 0. The smallest absolute Gasteiger partial charge is 0.257 e. The average Bonchev–Trinajstić information content (AvgIpc) is 2.55. The molecule has 22 heavy (non-hydrogen) atoms. The Kier molecular flexibility index (Phi) is 5.16. The quantitative estimate of drug-likeness (QED) is 0.579. The van der Waals surface area contributed by atoms with Crippen LogP contribution in [0, 0.1) is 5.92 Å². The van der Waals surface area contributed by atoms with E-state index >= 15 is 0 Å². The lowest BCUT2D eigenvalue weighted by Crippen LogP contribution is -2.41. The second-order valence-electron chi connectivity index (χ2n) is 5.37. The second-order valence-corrected chi connectivity index (χ2v) is 5.37. The molecule has 118 valence electrons. The number of nitrogens with one attached hydrogen (secondary N) is 1. The van der Waals surface area contributed by atoms with E-state index in [2.05, 4.69) is 11.9 Å². The van der Waals surface area contributed by atoms with Crippen LogP contribution in [0.15, 0.2) is 30.9 Å². The van der Waals surface area contributed by atoms with E-state index in [1.807, 2.05) is 0 Å². The standard InChI is InChI=1S/C16H20N2O4/c1-2-15(21)17-12-5-6-14(20)13(8-12)16(22)18-7-3-4-11(9-18)10-19/h2,5-6,8,11,19-20H,1,3-4,7,9-10H2,(H,17,21). The Morgan fingerprint density at radius 1 is 1.45 bits per heavy atom. The maximum Gasteiger partial charge on any atom is 0.257 e. The summed E-state index contributed by atoms with van der Waals surface area (Å²) >= 11 is 0. The molecule has 2 rings (SSSR count). The Balaban J connectivity index is 2.19. The average molecular weight is 304 g/mol. The molecule has 1 unspecified atom stereocenters. The Hall–Kier alpha value is -2.34. The number of piperidine rings is 1. The van der Waals surface area contributed by atoms with Crippen LogP contribution in [-0.4, -0.2) is 46.6 Å². The molecule has 1 aliphatic heterocycles. The zero-order valence-corrected chi connectivity index (χ0v) is 12.3. The van der Waals surface area contributed by atoms with Crippen LogP contribution in [0.1, 0.15) is 23.2 Å². The normalized spacial score (nSPS) is 17.9. The van der Waals surface area contributed by atoms with Gasteiger partial charge in [-0.25, -0.2) is 0 Å². The number of anilines is 1. The zero-order valence-electron chi connectivity index (χ0n) is 12.3. The van der Waals surface area contributed by atoms with Crippen LogP contribution in [0.25, 0.3) is 0 Å². The molecule has 0 radical (unpaired) electrons. The van der Waals surface area contributed by atoms with Crippen molar-refractivity contribution >= 4 is 17.5 Å². The van der Waals surface area contributed by atoms with Gasteiger partial charge in [-0.3, -0.25) is 9.59 Å². The molecule has 1 aliphatic rings. The van der Waals surface area contributed by atoms with Crippen molar-refractivity contribution in [2.24, 2.45) is 5.92 Å². The number of aliphatic hydroxyl groups excluding tert-OH is 1. The number of carbonyl (C=O) groups excluding carboxylic acids is 2. The van der Waals surface area contributed by atoms with E-state index in [0.29, 0.717) is 18.8 Å². The lowest BCUT2D eigenvalue weighted by atomic mass is 9.98. The van der Waals surface area contributed by atoms with Crippen molar-refractivity contribution in [1.29, 1.82) is 0 Å². The maximum absolute atomic E-state index is 12.5. The SMILES string of the molecule is C=CC(=O)Nc1ccc(O)c(C(=O)N2CCCC(CO)C2)c1. The molecule has 1 saturated heterocycles. The molecule has 3 N–H and O–H groups in total. The number of amides is 2. The van der Waals surface area contributed by atoms with Crippen LogP contribution in [0.4, 0.5) is 5.69 Å². The molecule has 0 spiro atoms. The monoisotopic (exact) mass is 304 g/mol. The summed E-state index contributed by atoms with van der Waals surface area (Å²) in [5.41, 5.74) is 0.558. The van der Waals surface area contributed by atoms with Crippen molar-refractivity contribution in [2.75, 3.05) is 25.0 Å². The van der Waals surface area contributed by atoms with Crippen molar-refractivity contribution in [1.82, 2.24) is 4.90 Å². The number of carbonyl (C=O) groups is 2. The molecule has 0 aromatic heterocycles. The third kappa shape index (κ3) is 3.65. The summed E-state index contributed by atoms with van der Waals surface area (Å²) in [4.78, 5) is 25.5. The molecule has 6 heteroatoms. The van der Waals surface area contributed by atoms with Gasteiger partial charge in [-0.05, 0) is 43.0 Å². The first-order valence-electron chi connectivity index (χ1n) is 7.21. The highest BCUT2D eigenvalue weighted by Gasteiger charge is 2.25. The van der Waals surface area contributed by atoms with Gasteiger partial charge in [0.2, 0.25) is 5.91 Å². The van der Waals surface area contributed by atoms with Crippen LogP contribution in [-0.2, 0) is 4.79 Å². The fourth-order valence-corrected chi connectivity index (χ4v) is 2.55. The molecule has 0 aliphatic carbocycles. The minimum atomic E-state index is -0.387. The maximum atomic E-state index is 12.5. The molecular formula is C16H20N2O4. The van der Waals surface area contributed by atoms with Crippen LogP contribution in [0.2, 0.25) is 0 Å². The lowest BCUT2D eigenvalue weighted by molar-refractivity contribution is -0.111. The summed E-state index contributed by atoms with van der Waals surface area (Å²) in [5.74, 6) is -0.746. The van der Waals surface area contributed by atoms with Gasteiger partial charge < -0.3 is 20.4 Å². The van der Waals surface area contributed by atoms with E-state index in [-0.39, 0.29) is 35.7 Å². The molecule has 1 fully saturated rings. The number of phenolic OH excluding ortho intramolecular Hbond substituents is 1. The van der Waals surface area contributed by atoms with Gasteiger partial charge in [0.05, 0.1) is 5.56 Å². The van der Waals surface area contributed by atoms with Gasteiger partial charge in [0, 0.05) is 25.4 Å². The van der Waals surface area contributed by atoms with Crippen molar-refractivity contribution in [2.45, 2.75) is 12.8 Å². The van der Waals surface area contributed by atoms with Gasteiger partial charge in [0.25, 0.3) is 5.91 Å². The highest BCUT2D eigenvalue weighted by Crippen LogP contribution is 2.25. The number of likely N-dealkylation sites (tertiary alicyclic amines) is 1. The Morgan fingerprint density at radius 3 is 2.91 bits per heavy atom. The zero-order chi connectivity index (χ0) is 16.1. The number of phenols is 1. The van der Waals surface area contributed by atoms with E-state index in [0.717, 1.165) is 18.9 Å². The largest absolute Gasteiger partial charge is 0.507 e. The van der Waals surface area contributed by atoms with Gasteiger partial charge in [-0.2, -0.15) is 0 Å². The Morgan fingerprint density at radius 2 is 2.23 bits per heavy atom. The van der Waals surface area contributed by atoms with Crippen molar-refractivity contribution in [3.8, 4) is 5.75 Å². The number of aliphatic hydroxyl groups is 1. The molecule has 2 amide bonds. The predicted octanol–water partition coefficient (Wildman–Crippen LogP) is 1.36. The topological polar surface area (TPSA) is 89.9 Å². The molecule has 1 aromatic rings. The third-order valence-corrected chi connectivity index (χ3v) is 3.74. The van der Waals surface area contributed by atoms with Crippen molar-refractivity contribution < 1.29 is 19.8 Å². The predicted molar refractivity (Wildman–Crippen MR) is 82.6 cm³/mol. The van der Waals surface area contributed by atoms with E-state index in [9.17, 15) is 19.8 Å². The lowest BCUT2D eigenvalue weighted by Gasteiger charge is -2.32. The molecule has 1 aromatic carbocycles. The van der Waals surface area contributed by atoms with Crippen LogP contribution >= 0.6 is 0 Å². The van der Waals surface area contributed by atoms with Crippen LogP contribution in [0.3, 0.4) is 0 Å². The number of hydrogen-bond acceptors (Lipinski definition) is 4. The van der Waals surface area contributed by atoms with E-state index < -0.39 is 0 Å². The fraction of sp³-hybridized carbons (Fsp3) is 0.375. The van der Waals surface area contributed by atoms with Gasteiger partial charge in [0.1, 0.15) is 5.75 Å². The molecule has 0 saturated carbocycles. The summed E-state index contributed by atoms with van der Waals surface area (Å²) in [7, 11) is 0. The highest BCUT2D eigenvalue weighted by atomic mass is 16.3. The Bertz CT molecular complexity index is 586. The van der Waals surface area contributed by atoms with Crippen LogP contribution < -0.4 is 5.32 Å². The van der Waals surface area contributed by atoms with Gasteiger partial charge >= 0.3 is 0 Å². The van der Waals surface area contributed by atoms with Crippen molar-refractivity contribution in [3.63, 3.8) is 0 Å². The molecule has 6 nitrogen and oxygen atoms in total. The number of aromatic hydroxyl groups is 1. The van der Waals surface area contributed by atoms with Gasteiger partial charge in [0.15, 0.2) is 0 Å². The molecular weight excluding hydrogens is 284 g/mol. The van der Waals surface area contributed by atoms with Gasteiger partial charge in [-0.1, -0.05) is 6.58 Å². The van der Waals surface area contributed by atoms with Crippen molar-refractivity contribution in [3.05, 3.63) is 36.4 Å². The third-order valence-electron chi connectivity index (χ3n) is 3.74. The minimum Gasteiger partial charge on any atom is -0.507 e. The minimum absolute atomic E-state index is 0.0468. The van der Waals surface area contributed by atoms with Gasteiger partial charge in [-0.15, -0.1) is 0 Å². The summed E-state index contributed by atoms with van der Waals surface area (Å²) in [6.45, 7) is 4.48. The molecule has 1 atom stereocenters. The highest BCUT2D eigenvalue weighted by molar-refractivity contribution is 6.02.